The molecule has 0 aromatic rings. The third-order valence-electron chi connectivity index (χ3n) is 4.45. The number of hydrogen-bond donors (Lipinski definition) is 1. The van der Waals surface area contributed by atoms with E-state index in [1.165, 1.54) is 0 Å². The van der Waals surface area contributed by atoms with E-state index in [-0.39, 0.29) is 23.7 Å². The van der Waals surface area contributed by atoms with E-state index < -0.39 is 11.9 Å². The number of nitrogens with zero attached hydrogens (tertiary/aromatic N) is 1. The number of aliphatic carboxylic acids is 1. The predicted octanol–water partition coefficient (Wildman–Crippen LogP) is 1.13. The Morgan fingerprint density at radius 3 is 2.24 bits per heavy atom. The second kappa shape index (κ2) is 3.86. The first-order valence-electron chi connectivity index (χ1n) is 6.38. The SMILES string of the molecule is O=C(O)[C@@H]1[C@@H](C(=O)N2CCCC2)[C@H]2C=C[C@H]1C2. The molecule has 4 heteroatoms. The van der Waals surface area contributed by atoms with Crippen LogP contribution in [0.25, 0.3) is 0 Å². The summed E-state index contributed by atoms with van der Waals surface area (Å²) in [5.41, 5.74) is 0. The summed E-state index contributed by atoms with van der Waals surface area (Å²) in [6, 6.07) is 0. The Morgan fingerprint density at radius 1 is 1.06 bits per heavy atom. The lowest BCUT2D eigenvalue weighted by Gasteiger charge is -2.28. The van der Waals surface area contributed by atoms with Crippen LogP contribution in [0.5, 0.6) is 0 Å². The van der Waals surface area contributed by atoms with Gasteiger partial charge in [0.25, 0.3) is 0 Å². The lowest BCUT2D eigenvalue weighted by molar-refractivity contribution is -0.150. The number of carboxylic acids is 1. The molecule has 1 saturated heterocycles. The molecule has 1 aliphatic heterocycles. The Hall–Kier alpha value is -1.32. The van der Waals surface area contributed by atoms with E-state index in [1.54, 1.807) is 0 Å². The molecule has 0 spiro atoms. The average Bonchev–Trinajstić information content (AvgIpc) is 3.02. The van der Waals surface area contributed by atoms with Gasteiger partial charge in [-0.25, -0.2) is 0 Å². The summed E-state index contributed by atoms with van der Waals surface area (Å²) in [5, 5.41) is 9.29. The number of likely N-dealkylation sites (tertiary alicyclic amines) is 1. The lowest BCUT2D eigenvalue weighted by atomic mass is 9.82. The first kappa shape index (κ1) is 10.8. The van der Waals surface area contributed by atoms with Crippen LogP contribution in [0.3, 0.4) is 0 Å². The molecular weight excluding hydrogens is 218 g/mol. The molecule has 0 aromatic carbocycles. The minimum atomic E-state index is -0.806. The van der Waals surface area contributed by atoms with Crippen LogP contribution in [0, 0.1) is 23.7 Å². The van der Waals surface area contributed by atoms with E-state index >= 15 is 0 Å². The van der Waals surface area contributed by atoms with Gasteiger partial charge in [-0.15, -0.1) is 0 Å². The molecule has 17 heavy (non-hydrogen) atoms. The maximum absolute atomic E-state index is 12.4. The third kappa shape index (κ3) is 1.58. The van der Waals surface area contributed by atoms with Crippen LogP contribution >= 0.6 is 0 Å². The van der Waals surface area contributed by atoms with Gasteiger partial charge in [0, 0.05) is 13.1 Å². The van der Waals surface area contributed by atoms with Crippen LogP contribution in [0.4, 0.5) is 0 Å². The van der Waals surface area contributed by atoms with E-state index in [9.17, 15) is 14.7 Å². The van der Waals surface area contributed by atoms with Crippen molar-refractivity contribution in [3.63, 3.8) is 0 Å². The number of amides is 1. The topological polar surface area (TPSA) is 57.6 Å². The molecule has 0 aromatic heterocycles. The van der Waals surface area contributed by atoms with Gasteiger partial charge in [-0.3, -0.25) is 9.59 Å². The second-order valence-corrected chi connectivity index (χ2v) is 5.37. The lowest BCUT2D eigenvalue weighted by Crippen LogP contribution is -2.41. The highest BCUT2D eigenvalue weighted by atomic mass is 16.4. The van der Waals surface area contributed by atoms with Crippen molar-refractivity contribution in [1.29, 1.82) is 0 Å². The molecule has 2 fully saturated rings. The molecule has 3 aliphatic rings. The molecule has 2 aliphatic carbocycles. The fourth-order valence-electron chi connectivity index (χ4n) is 3.64. The summed E-state index contributed by atoms with van der Waals surface area (Å²) in [5.74, 6) is -1.28. The van der Waals surface area contributed by atoms with E-state index in [0.29, 0.717) is 0 Å². The molecule has 1 saturated carbocycles. The first-order valence-corrected chi connectivity index (χ1v) is 6.38. The molecule has 1 N–H and O–H groups in total. The van der Waals surface area contributed by atoms with Crippen LogP contribution in [-0.4, -0.2) is 35.0 Å². The van der Waals surface area contributed by atoms with Crippen LogP contribution in [0.2, 0.25) is 0 Å². The molecule has 1 heterocycles. The summed E-state index contributed by atoms with van der Waals surface area (Å²) in [4.78, 5) is 25.6. The van der Waals surface area contributed by atoms with Gasteiger partial charge in [0.05, 0.1) is 11.8 Å². The zero-order valence-corrected chi connectivity index (χ0v) is 9.71. The predicted molar refractivity (Wildman–Crippen MR) is 61.2 cm³/mol. The van der Waals surface area contributed by atoms with E-state index in [0.717, 1.165) is 32.4 Å². The number of hydrogen-bond acceptors (Lipinski definition) is 2. The fourth-order valence-corrected chi connectivity index (χ4v) is 3.64. The number of fused-ring (bicyclic) bond motifs is 2. The number of carbonyl (C=O) groups excluding carboxylic acids is 1. The van der Waals surface area contributed by atoms with Crippen molar-refractivity contribution in [2.45, 2.75) is 19.3 Å². The minimum Gasteiger partial charge on any atom is -0.481 e. The van der Waals surface area contributed by atoms with Crippen molar-refractivity contribution < 1.29 is 14.7 Å². The van der Waals surface area contributed by atoms with Gasteiger partial charge in [0.2, 0.25) is 5.91 Å². The number of rotatable bonds is 2. The Bertz CT molecular complexity index is 384. The monoisotopic (exact) mass is 235 g/mol. The highest BCUT2D eigenvalue weighted by Crippen LogP contribution is 2.48. The molecular formula is C13H17NO3. The Labute approximate surface area is 100 Å². The highest BCUT2D eigenvalue weighted by Gasteiger charge is 2.52. The molecule has 0 radical (unpaired) electrons. The number of carboxylic acid groups (broad SMARTS) is 1. The van der Waals surface area contributed by atoms with Gasteiger partial charge in [-0.1, -0.05) is 12.2 Å². The van der Waals surface area contributed by atoms with Crippen LogP contribution in [0.15, 0.2) is 12.2 Å². The largest absolute Gasteiger partial charge is 0.481 e. The van der Waals surface area contributed by atoms with Gasteiger partial charge in [0.15, 0.2) is 0 Å². The molecule has 0 unspecified atom stereocenters. The Morgan fingerprint density at radius 2 is 1.65 bits per heavy atom. The van der Waals surface area contributed by atoms with Crippen LogP contribution < -0.4 is 0 Å². The Balaban J connectivity index is 1.83. The fraction of sp³-hybridized carbons (Fsp3) is 0.692. The summed E-state index contributed by atoms with van der Waals surface area (Å²) in [7, 11) is 0. The van der Waals surface area contributed by atoms with Crippen molar-refractivity contribution in [1.82, 2.24) is 4.90 Å². The van der Waals surface area contributed by atoms with Gasteiger partial charge in [-0.05, 0) is 31.1 Å². The van der Waals surface area contributed by atoms with Crippen molar-refractivity contribution >= 4 is 11.9 Å². The smallest absolute Gasteiger partial charge is 0.307 e. The number of carbonyl (C=O) groups is 2. The maximum atomic E-state index is 12.4. The van der Waals surface area contributed by atoms with Gasteiger partial charge >= 0.3 is 5.97 Å². The van der Waals surface area contributed by atoms with Crippen molar-refractivity contribution in [2.24, 2.45) is 23.7 Å². The van der Waals surface area contributed by atoms with Crippen molar-refractivity contribution in [3.05, 3.63) is 12.2 Å². The van der Waals surface area contributed by atoms with Gasteiger partial charge in [0.1, 0.15) is 0 Å². The molecule has 4 nitrogen and oxygen atoms in total. The molecule has 1 amide bonds. The summed E-state index contributed by atoms with van der Waals surface area (Å²) in [6.45, 7) is 1.62. The molecule has 92 valence electrons. The van der Waals surface area contributed by atoms with Gasteiger partial charge < -0.3 is 10.0 Å². The van der Waals surface area contributed by atoms with Crippen molar-refractivity contribution in [3.8, 4) is 0 Å². The summed E-state index contributed by atoms with van der Waals surface area (Å²) >= 11 is 0. The second-order valence-electron chi connectivity index (χ2n) is 5.37. The molecule has 4 atom stereocenters. The van der Waals surface area contributed by atoms with E-state index in [2.05, 4.69) is 0 Å². The first-order chi connectivity index (χ1) is 8.18. The molecule has 3 rings (SSSR count). The summed E-state index contributed by atoms with van der Waals surface area (Å²) in [6.07, 6.45) is 6.99. The Kier molecular flexibility index (Phi) is 2.45. The zero-order valence-electron chi connectivity index (χ0n) is 9.71. The molecule has 2 bridgehead atoms. The van der Waals surface area contributed by atoms with E-state index in [4.69, 9.17) is 0 Å². The number of allylic oxidation sites excluding steroid dienone is 2. The highest BCUT2D eigenvalue weighted by molar-refractivity contribution is 5.87. The average molecular weight is 235 g/mol. The minimum absolute atomic E-state index is 0.0757. The maximum Gasteiger partial charge on any atom is 0.307 e. The van der Waals surface area contributed by atoms with Gasteiger partial charge in [-0.2, -0.15) is 0 Å². The normalized spacial score (nSPS) is 38.9. The quantitative estimate of drug-likeness (QED) is 0.730. The van der Waals surface area contributed by atoms with Crippen molar-refractivity contribution in [2.75, 3.05) is 13.1 Å². The summed E-state index contributed by atoms with van der Waals surface area (Å²) < 4.78 is 0. The van der Waals surface area contributed by atoms with E-state index in [1.807, 2.05) is 17.1 Å². The van der Waals surface area contributed by atoms with Crippen LogP contribution in [0.1, 0.15) is 19.3 Å². The standard InChI is InChI=1S/C13H17NO3/c15-12(14-5-1-2-6-14)10-8-3-4-9(7-8)11(10)13(16)17/h3-4,8-11H,1-2,5-7H2,(H,16,17)/t8-,9-,10-,11-/m0/s1. The van der Waals surface area contributed by atoms with Crippen LogP contribution in [-0.2, 0) is 9.59 Å². The zero-order chi connectivity index (χ0) is 12.0. The third-order valence-corrected chi connectivity index (χ3v) is 4.45.